The second-order valence-electron chi connectivity index (χ2n) is 14.2. The van der Waals surface area contributed by atoms with Gasteiger partial charge in [0.2, 0.25) is 11.8 Å². The molecule has 0 saturated carbocycles. The van der Waals surface area contributed by atoms with Crippen LogP contribution in [0.15, 0.2) is 121 Å². The standard InChI is InChI=1S/C44H48N6O6/c51-39(47(29-33-19-9-5-10-20-33)31-37-41(53)49(43(55)45-37)35-23-13-7-14-24-35)27-17-3-1-2-4-18-28-40(52)48(30-34-21-11-6-12-22-34)32-38-42(54)50(44(56)46-38)36-25-15-8-16-26-36/h5-16,19-26,37-38H,1-4,17-18,27-32H2,(H,45,55)(H,46,56). The molecule has 2 fully saturated rings. The average molecular weight is 757 g/mol. The molecule has 0 aromatic heterocycles. The Bertz CT molecular complexity index is 1820. The van der Waals surface area contributed by atoms with E-state index in [2.05, 4.69) is 10.6 Å². The van der Waals surface area contributed by atoms with E-state index in [0.717, 1.165) is 46.6 Å². The van der Waals surface area contributed by atoms with Crippen molar-refractivity contribution in [2.75, 3.05) is 22.9 Å². The van der Waals surface area contributed by atoms with Gasteiger partial charge in [-0.2, -0.15) is 0 Å². The van der Waals surface area contributed by atoms with Crippen LogP contribution in [0.25, 0.3) is 0 Å². The minimum atomic E-state index is -0.844. The van der Waals surface area contributed by atoms with E-state index in [-0.39, 0.29) is 36.7 Å². The van der Waals surface area contributed by atoms with Crippen molar-refractivity contribution in [2.24, 2.45) is 0 Å². The predicted molar refractivity (Wildman–Crippen MR) is 213 cm³/mol. The highest BCUT2D eigenvalue weighted by atomic mass is 16.2. The largest absolute Gasteiger partial charge is 0.336 e. The van der Waals surface area contributed by atoms with E-state index < -0.39 is 24.1 Å². The molecule has 2 saturated heterocycles. The Balaban J connectivity index is 0.953. The number of para-hydroxylation sites is 2. The lowest BCUT2D eigenvalue weighted by molar-refractivity contribution is -0.134. The third-order valence-electron chi connectivity index (χ3n) is 10.0. The highest BCUT2D eigenvalue weighted by Crippen LogP contribution is 2.22. The normalized spacial score (nSPS) is 16.5. The molecule has 56 heavy (non-hydrogen) atoms. The van der Waals surface area contributed by atoms with Gasteiger partial charge < -0.3 is 20.4 Å². The summed E-state index contributed by atoms with van der Waals surface area (Å²) in [6.07, 6.45) is 5.45. The number of carbonyl (C=O) groups excluding carboxylic acids is 6. The first-order chi connectivity index (χ1) is 27.3. The van der Waals surface area contributed by atoms with Gasteiger partial charge in [0.25, 0.3) is 11.8 Å². The first kappa shape index (κ1) is 39.4. The fourth-order valence-electron chi connectivity index (χ4n) is 7.09. The summed E-state index contributed by atoms with van der Waals surface area (Å²) in [6.45, 7) is 0.798. The predicted octanol–water partition coefficient (Wildman–Crippen LogP) is 6.41. The number of imide groups is 2. The van der Waals surface area contributed by atoms with E-state index in [9.17, 15) is 28.8 Å². The Morgan fingerprint density at radius 1 is 0.464 bits per heavy atom. The molecule has 12 nitrogen and oxygen atoms in total. The van der Waals surface area contributed by atoms with E-state index in [0.29, 0.717) is 50.1 Å². The van der Waals surface area contributed by atoms with Gasteiger partial charge in [0.1, 0.15) is 12.1 Å². The van der Waals surface area contributed by atoms with Crippen molar-refractivity contribution < 1.29 is 28.8 Å². The fraction of sp³-hybridized carbons (Fsp3) is 0.318. The molecule has 290 valence electrons. The number of urea groups is 2. The quantitative estimate of drug-likeness (QED) is 0.0838. The van der Waals surface area contributed by atoms with Crippen LogP contribution in [0.3, 0.4) is 0 Å². The molecular formula is C44H48N6O6. The van der Waals surface area contributed by atoms with Crippen molar-refractivity contribution in [2.45, 2.75) is 76.5 Å². The molecule has 2 N–H and O–H groups in total. The molecule has 4 aromatic rings. The van der Waals surface area contributed by atoms with Crippen LogP contribution in [0.4, 0.5) is 21.0 Å². The summed E-state index contributed by atoms with van der Waals surface area (Å²) in [6, 6.07) is 34.0. The van der Waals surface area contributed by atoms with Gasteiger partial charge in [-0.1, -0.05) is 123 Å². The van der Waals surface area contributed by atoms with Gasteiger partial charge in [0.05, 0.1) is 24.5 Å². The molecule has 0 bridgehead atoms. The number of benzene rings is 4. The van der Waals surface area contributed by atoms with Crippen LogP contribution in [-0.2, 0) is 32.3 Å². The van der Waals surface area contributed by atoms with Gasteiger partial charge in [-0.15, -0.1) is 0 Å². The zero-order valence-electron chi connectivity index (χ0n) is 31.4. The number of nitrogens with zero attached hydrogens (tertiary/aromatic N) is 4. The van der Waals surface area contributed by atoms with E-state index in [1.165, 1.54) is 0 Å². The van der Waals surface area contributed by atoms with Crippen molar-refractivity contribution in [1.29, 1.82) is 0 Å². The van der Waals surface area contributed by atoms with Gasteiger partial charge in [0, 0.05) is 25.9 Å². The van der Waals surface area contributed by atoms with Gasteiger partial charge in [-0.3, -0.25) is 19.2 Å². The summed E-state index contributed by atoms with van der Waals surface area (Å²) in [5, 5.41) is 5.52. The van der Waals surface area contributed by atoms with Gasteiger partial charge in [0.15, 0.2) is 0 Å². The summed E-state index contributed by atoms with van der Waals surface area (Å²) >= 11 is 0. The van der Waals surface area contributed by atoms with Gasteiger partial charge in [-0.25, -0.2) is 19.4 Å². The third kappa shape index (κ3) is 10.3. The summed E-state index contributed by atoms with van der Waals surface area (Å²) in [7, 11) is 0. The highest BCUT2D eigenvalue weighted by Gasteiger charge is 2.41. The number of amides is 8. The SMILES string of the molecule is O=C(CCCCCCCCC(=O)N(Cc1ccccc1)CC1NC(=O)N(c2ccccc2)C1=O)N(Cc1ccccc1)CC1NC(=O)N(c2ccccc2)C1=O. The van der Waals surface area contributed by atoms with Crippen molar-refractivity contribution in [1.82, 2.24) is 20.4 Å². The Morgan fingerprint density at radius 3 is 1.14 bits per heavy atom. The number of hydrogen-bond donors (Lipinski definition) is 2. The molecule has 12 heteroatoms. The highest BCUT2D eigenvalue weighted by molar-refractivity contribution is 6.22. The molecule has 6 rings (SSSR count). The Kier molecular flexibility index (Phi) is 13.6. The Morgan fingerprint density at radius 2 is 0.786 bits per heavy atom. The first-order valence-electron chi connectivity index (χ1n) is 19.3. The molecule has 4 aromatic carbocycles. The molecule has 0 aliphatic carbocycles. The minimum Gasteiger partial charge on any atom is -0.336 e. The Hall–Kier alpha value is -6.30. The third-order valence-corrected chi connectivity index (χ3v) is 10.0. The first-order valence-corrected chi connectivity index (χ1v) is 19.3. The molecule has 0 radical (unpaired) electrons. The molecule has 2 unspecified atom stereocenters. The zero-order chi connectivity index (χ0) is 39.3. The van der Waals surface area contributed by atoms with E-state index >= 15 is 0 Å². The summed E-state index contributed by atoms with van der Waals surface area (Å²) in [5.74, 6) is -0.937. The van der Waals surface area contributed by atoms with Crippen molar-refractivity contribution in [3.63, 3.8) is 0 Å². The van der Waals surface area contributed by atoms with Crippen LogP contribution < -0.4 is 20.4 Å². The lowest BCUT2D eigenvalue weighted by Gasteiger charge is -2.25. The van der Waals surface area contributed by atoms with E-state index in [1.807, 2.05) is 72.8 Å². The Labute approximate surface area is 327 Å². The van der Waals surface area contributed by atoms with Crippen LogP contribution in [0, 0.1) is 0 Å². The molecule has 0 spiro atoms. The molecule has 2 atom stereocenters. The maximum Gasteiger partial charge on any atom is 0.329 e. The number of hydrogen-bond acceptors (Lipinski definition) is 6. The number of unbranched alkanes of at least 4 members (excludes halogenated alkanes) is 5. The maximum absolute atomic E-state index is 13.5. The van der Waals surface area contributed by atoms with E-state index in [4.69, 9.17) is 0 Å². The second-order valence-corrected chi connectivity index (χ2v) is 14.2. The van der Waals surface area contributed by atoms with Crippen LogP contribution in [0.5, 0.6) is 0 Å². The van der Waals surface area contributed by atoms with Gasteiger partial charge in [-0.05, 0) is 48.2 Å². The number of anilines is 2. The second kappa shape index (κ2) is 19.3. The van der Waals surface area contributed by atoms with Crippen molar-refractivity contribution in [3.8, 4) is 0 Å². The van der Waals surface area contributed by atoms with E-state index in [1.54, 1.807) is 58.3 Å². The zero-order valence-corrected chi connectivity index (χ0v) is 31.4. The molecule has 2 heterocycles. The lowest BCUT2D eigenvalue weighted by atomic mass is 10.1. The van der Waals surface area contributed by atoms with Crippen LogP contribution >= 0.6 is 0 Å². The molecule has 8 amide bonds. The summed E-state index contributed by atoms with van der Waals surface area (Å²) < 4.78 is 0. The smallest absolute Gasteiger partial charge is 0.329 e. The van der Waals surface area contributed by atoms with Crippen LogP contribution in [-0.4, -0.2) is 70.7 Å². The summed E-state index contributed by atoms with van der Waals surface area (Å²) in [5.41, 5.74) is 2.84. The number of nitrogens with one attached hydrogen (secondary N) is 2. The topological polar surface area (TPSA) is 139 Å². The van der Waals surface area contributed by atoms with Gasteiger partial charge >= 0.3 is 12.1 Å². The van der Waals surface area contributed by atoms with Crippen LogP contribution in [0.1, 0.15) is 62.5 Å². The van der Waals surface area contributed by atoms with Crippen molar-refractivity contribution in [3.05, 3.63) is 132 Å². The summed E-state index contributed by atoms with van der Waals surface area (Å²) in [4.78, 5) is 84.7. The maximum atomic E-state index is 13.5. The number of carbonyl (C=O) groups is 6. The average Bonchev–Trinajstić information content (AvgIpc) is 3.66. The fourth-order valence-corrected chi connectivity index (χ4v) is 7.09. The number of rotatable bonds is 19. The molecule has 2 aliphatic heterocycles. The molecule has 2 aliphatic rings. The lowest BCUT2D eigenvalue weighted by Crippen LogP contribution is -2.44. The monoisotopic (exact) mass is 756 g/mol. The van der Waals surface area contributed by atoms with Crippen LogP contribution in [0.2, 0.25) is 0 Å². The molecular weight excluding hydrogens is 709 g/mol. The minimum absolute atomic E-state index is 0.0729. The van der Waals surface area contributed by atoms with Crippen molar-refractivity contribution >= 4 is 47.1 Å².